The van der Waals surface area contributed by atoms with Crippen LogP contribution in [0.5, 0.6) is 0 Å². The van der Waals surface area contributed by atoms with Crippen LogP contribution in [0.2, 0.25) is 0 Å². The lowest BCUT2D eigenvalue weighted by molar-refractivity contribution is 0.0661. The summed E-state index contributed by atoms with van der Waals surface area (Å²) in [5.74, 6) is 1.89. The van der Waals surface area contributed by atoms with E-state index in [1.54, 1.807) is 0 Å². The van der Waals surface area contributed by atoms with Crippen molar-refractivity contribution in [1.29, 1.82) is 10.7 Å². The SMILES string of the molecule is N#CC1=C(N)N=C(N2CCOCC2)C12C(=N)OC1=C2CCCCCCCCCC1. The van der Waals surface area contributed by atoms with E-state index in [2.05, 4.69) is 16.0 Å². The van der Waals surface area contributed by atoms with Gasteiger partial charge in [0, 0.05) is 19.5 Å². The maximum Gasteiger partial charge on any atom is 0.210 e. The van der Waals surface area contributed by atoms with Gasteiger partial charge in [-0.3, -0.25) is 5.41 Å². The quantitative estimate of drug-likeness (QED) is 0.649. The van der Waals surface area contributed by atoms with Gasteiger partial charge < -0.3 is 20.1 Å². The molecule has 156 valence electrons. The Labute approximate surface area is 172 Å². The molecule has 4 aliphatic rings. The Kier molecular flexibility index (Phi) is 5.91. The molecular weight excluding hydrogens is 366 g/mol. The third kappa shape index (κ3) is 3.44. The summed E-state index contributed by atoms with van der Waals surface area (Å²) in [4.78, 5) is 6.77. The summed E-state index contributed by atoms with van der Waals surface area (Å²) in [5.41, 5.74) is 6.61. The van der Waals surface area contributed by atoms with Crippen molar-refractivity contribution in [1.82, 2.24) is 4.90 Å². The number of amidine groups is 1. The second-order valence-corrected chi connectivity index (χ2v) is 8.32. The van der Waals surface area contributed by atoms with E-state index < -0.39 is 5.41 Å². The molecule has 7 heteroatoms. The van der Waals surface area contributed by atoms with Crippen LogP contribution in [0, 0.1) is 22.2 Å². The van der Waals surface area contributed by atoms with Gasteiger partial charge in [-0.05, 0) is 24.8 Å². The van der Waals surface area contributed by atoms with Crippen LogP contribution in [0.25, 0.3) is 0 Å². The largest absolute Gasteiger partial charge is 0.446 e. The maximum absolute atomic E-state index is 10.0. The lowest BCUT2D eigenvalue weighted by Gasteiger charge is -2.37. The summed E-state index contributed by atoms with van der Waals surface area (Å²) in [5, 5.41) is 18.9. The van der Waals surface area contributed by atoms with Crippen molar-refractivity contribution in [2.75, 3.05) is 26.3 Å². The van der Waals surface area contributed by atoms with E-state index >= 15 is 0 Å². The van der Waals surface area contributed by atoms with Crippen molar-refractivity contribution < 1.29 is 9.47 Å². The van der Waals surface area contributed by atoms with Gasteiger partial charge in [0.1, 0.15) is 23.5 Å². The molecule has 0 saturated carbocycles. The van der Waals surface area contributed by atoms with Crippen LogP contribution < -0.4 is 5.73 Å². The number of nitrogens with zero attached hydrogens (tertiary/aromatic N) is 3. The standard InChI is InChI=1S/C22H31N5O2/c23-15-17-19(24)26-21(27-11-13-28-14-12-27)22(17)16-9-7-5-3-1-2-4-6-8-10-18(16)29-20(22)25/h25H,1-14,24H2. The first-order valence-corrected chi connectivity index (χ1v) is 11.0. The molecule has 1 unspecified atom stereocenters. The molecule has 7 nitrogen and oxygen atoms in total. The minimum atomic E-state index is -1.03. The summed E-state index contributed by atoms with van der Waals surface area (Å²) in [6.45, 7) is 2.58. The molecule has 0 bridgehead atoms. The monoisotopic (exact) mass is 397 g/mol. The highest BCUT2D eigenvalue weighted by Gasteiger charge is 2.59. The summed E-state index contributed by atoms with van der Waals surface area (Å²) < 4.78 is 11.6. The molecule has 0 amide bonds. The van der Waals surface area contributed by atoms with Crippen molar-refractivity contribution >= 4 is 11.7 Å². The van der Waals surface area contributed by atoms with Crippen molar-refractivity contribution in [3.05, 3.63) is 22.7 Å². The normalized spacial score (nSPS) is 29.1. The third-order valence-electron chi connectivity index (χ3n) is 6.55. The summed E-state index contributed by atoms with van der Waals surface area (Å²) in [6.07, 6.45) is 11.1. The van der Waals surface area contributed by atoms with Gasteiger partial charge in [0.2, 0.25) is 5.90 Å². The van der Waals surface area contributed by atoms with E-state index in [-0.39, 0.29) is 11.7 Å². The van der Waals surface area contributed by atoms with Gasteiger partial charge in [-0.25, -0.2) is 4.99 Å². The Morgan fingerprint density at radius 2 is 1.62 bits per heavy atom. The van der Waals surface area contributed by atoms with Gasteiger partial charge in [-0.1, -0.05) is 38.5 Å². The van der Waals surface area contributed by atoms with E-state index in [4.69, 9.17) is 20.6 Å². The summed E-state index contributed by atoms with van der Waals surface area (Å²) >= 11 is 0. The van der Waals surface area contributed by atoms with Crippen molar-refractivity contribution in [2.24, 2.45) is 16.1 Å². The average molecular weight is 398 g/mol. The Hall–Kier alpha value is -2.33. The van der Waals surface area contributed by atoms with Crippen molar-refractivity contribution in [3.8, 4) is 6.07 Å². The number of ether oxygens (including phenoxy) is 2. The second-order valence-electron chi connectivity index (χ2n) is 8.32. The lowest BCUT2D eigenvalue weighted by Crippen LogP contribution is -2.51. The van der Waals surface area contributed by atoms with Gasteiger partial charge in [0.25, 0.3) is 0 Å². The number of morpholine rings is 1. The molecule has 4 rings (SSSR count). The van der Waals surface area contributed by atoms with Gasteiger partial charge in [0.15, 0.2) is 5.41 Å². The zero-order chi connectivity index (χ0) is 20.3. The summed E-state index contributed by atoms with van der Waals surface area (Å²) in [7, 11) is 0. The fourth-order valence-electron chi connectivity index (χ4n) is 5.07. The molecule has 1 atom stereocenters. The van der Waals surface area contributed by atoms with Crippen LogP contribution in [-0.4, -0.2) is 42.9 Å². The minimum Gasteiger partial charge on any atom is -0.446 e. The molecule has 3 aliphatic heterocycles. The number of hydrogen-bond donors (Lipinski definition) is 2. The molecule has 3 heterocycles. The number of aliphatic imine (C=N–C) groups is 1. The van der Waals surface area contributed by atoms with Crippen LogP contribution in [0.4, 0.5) is 0 Å². The van der Waals surface area contributed by atoms with Crippen molar-refractivity contribution in [2.45, 2.75) is 64.2 Å². The predicted octanol–water partition coefficient (Wildman–Crippen LogP) is 3.59. The van der Waals surface area contributed by atoms with E-state index in [1.807, 2.05) is 0 Å². The fraction of sp³-hybridized carbons (Fsp3) is 0.682. The van der Waals surface area contributed by atoms with E-state index in [1.165, 1.54) is 32.1 Å². The van der Waals surface area contributed by atoms with Crippen LogP contribution in [0.15, 0.2) is 27.7 Å². The zero-order valence-electron chi connectivity index (χ0n) is 17.1. The van der Waals surface area contributed by atoms with E-state index in [0.29, 0.717) is 37.7 Å². The summed E-state index contributed by atoms with van der Waals surface area (Å²) in [6, 6.07) is 2.29. The number of nitrogens with one attached hydrogen (secondary N) is 1. The Balaban J connectivity index is 1.77. The minimum absolute atomic E-state index is 0.0969. The highest BCUT2D eigenvalue weighted by molar-refractivity contribution is 6.17. The van der Waals surface area contributed by atoms with Crippen LogP contribution in [0.1, 0.15) is 64.2 Å². The van der Waals surface area contributed by atoms with E-state index in [9.17, 15) is 5.26 Å². The first-order valence-electron chi connectivity index (χ1n) is 11.0. The van der Waals surface area contributed by atoms with Crippen LogP contribution in [0.3, 0.4) is 0 Å². The molecule has 1 saturated heterocycles. The molecule has 29 heavy (non-hydrogen) atoms. The number of fused-ring (bicyclic) bond motifs is 1. The van der Waals surface area contributed by atoms with Gasteiger partial charge in [0.05, 0.1) is 18.8 Å². The number of rotatable bonds is 0. The maximum atomic E-state index is 10.0. The lowest BCUT2D eigenvalue weighted by atomic mass is 9.71. The smallest absolute Gasteiger partial charge is 0.210 e. The number of nitrogens with two attached hydrogens (primary N) is 1. The van der Waals surface area contributed by atoms with E-state index in [0.717, 1.165) is 43.4 Å². The topological polar surface area (TPSA) is 108 Å². The third-order valence-corrected chi connectivity index (χ3v) is 6.55. The first kappa shape index (κ1) is 20.0. The molecule has 1 aliphatic carbocycles. The van der Waals surface area contributed by atoms with Gasteiger partial charge >= 0.3 is 0 Å². The molecule has 0 aromatic carbocycles. The Morgan fingerprint density at radius 1 is 1.00 bits per heavy atom. The molecule has 1 fully saturated rings. The van der Waals surface area contributed by atoms with Crippen LogP contribution >= 0.6 is 0 Å². The number of nitriles is 1. The first-order chi connectivity index (χ1) is 14.2. The highest BCUT2D eigenvalue weighted by atomic mass is 16.5. The van der Waals surface area contributed by atoms with Crippen molar-refractivity contribution in [3.63, 3.8) is 0 Å². The predicted molar refractivity (Wildman–Crippen MR) is 111 cm³/mol. The fourth-order valence-corrected chi connectivity index (χ4v) is 5.07. The molecule has 0 aromatic rings. The van der Waals surface area contributed by atoms with Gasteiger partial charge in [-0.2, -0.15) is 5.26 Å². The second kappa shape index (κ2) is 8.58. The van der Waals surface area contributed by atoms with Gasteiger partial charge in [-0.15, -0.1) is 0 Å². The average Bonchev–Trinajstić information content (AvgIpc) is 3.17. The number of hydrogen-bond acceptors (Lipinski definition) is 7. The number of allylic oxidation sites excluding steroid dienone is 1. The molecule has 1 spiro atoms. The van der Waals surface area contributed by atoms with Crippen LogP contribution in [-0.2, 0) is 9.47 Å². The zero-order valence-corrected chi connectivity index (χ0v) is 17.1. The Morgan fingerprint density at radius 3 is 2.28 bits per heavy atom. The molecular formula is C22H31N5O2. The molecule has 3 N–H and O–H groups in total. The highest BCUT2D eigenvalue weighted by Crippen LogP contribution is 2.52. The Bertz CT molecular complexity index is 801. The molecule has 0 radical (unpaired) electrons. The molecule has 0 aromatic heterocycles.